The van der Waals surface area contributed by atoms with Gasteiger partial charge in [0.2, 0.25) is 5.91 Å². The molecule has 2 saturated heterocycles. The van der Waals surface area contributed by atoms with Crippen LogP contribution in [0.2, 0.25) is 0 Å². The Balaban J connectivity index is 1.10. The molecule has 5 N–H and O–H groups in total. The lowest BCUT2D eigenvalue weighted by molar-refractivity contribution is -0.134. The van der Waals surface area contributed by atoms with Crippen LogP contribution in [-0.2, 0) is 9.53 Å². The molecular formula is C38H48N8O5S. The molecule has 4 heterocycles. The normalized spacial score (nSPS) is 18.9. The van der Waals surface area contributed by atoms with Crippen molar-refractivity contribution >= 4 is 29.9 Å². The summed E-state index contributed by atoms with van der Waals surface area (Å²) in [6.07, 6.45) is 4.14. The van der Waals surface area contributed by atoms with Crippen LogP contribution in [0.25, 0.3) is 33.6 Å². The van der Waals surface area contributed by atoms with Crippen molar-refractivity contribution in [3.8, 4) is 33.6 Å². The summed E-state index contributed by atoms with van der Waals surface area (Å²) in [6, 6.07) is 16.0. The molecule has 276 valence electrons. The van der Waals surface area contributed by atoms with Crippen molar-refractivity contribution in [1.82, 2.24) is 40.4 Å². The fraction of sp³-hybridized carbons (Fsp3) is 0.447. The molecule has 2 aromatic carbocycles. The quantitative estimate of drug-likeness (QED) is 0.109. The molecule has 6 rings (SSSR count). The molecule has 4 atom stereocenters. The Bertz CT molecular complexity index is 1840. The van der Waals surface area contributed by atoms with Crippen molar-refractivity contribution in [3.05, 3.63) is 72.6 Å². The molecule has 13 nitrogen and oxygen atoms in total. The highest BCUT2D eigenvalue weighted by Gasteiger charge is 2.38. The molecule has 14 heteroatoms. The highest BCUT2D eigenvalue weighted by molar-refractivity contribution is 7.99. The molecule has 3 amide bonds. The monoisotopic (exact) mass is 728 g/mol. The van der Waals surface area contributed by atoms with Crippen LogP contribution < -0.4 is 10.6 Å². The lowest BCUT2D eigenvalue weighted by Gasteiger charge is -2.30. The summed E-state index contributed by atoms with van der Waals surface area (Å²) in [5.41, 5.74) is 6.00. The molecule has 0 radical (unpaired) electrons. The molecular weight excluding hydrogens is 681 g/mol. The van der Waals surface area contributed by atoms with Gasteiger partial charge in [-0.05, 0) is 53.5 Å². The number of aromatic amines is 2. The van der Waals surface area contributed by atoms with Crippen molar-refractivity contribution < 1.29 is 24.2 Å². The number of hydrogen-bond acceptors (Lipinski definition) is 8. The van der Waals surface area contributed by atoms with E-state index in [1.165, 1.54) is 7.11 Å². The maximum Gasteiger partial charge on any atom is 0.407 e. The minimum Gasteiger partial charge on any atom is -0.465 e. The van der Waals surface area contributed by atoms with E-state index in [0.717, 1.165) is 71.2 Å². The number of nitrogens with zero attached hydrogens (tertiary/aromatic N) is 4. The van der Waals surface area contributed by atoms with Crippen LogP contribution >= 0.6 is 11.8 Å². The van der Waals surface area contributed by atoms with Gasteiger partial charge >= 0.3 is 12.2 Å². The van der Waals surface area contributed by atoms with Crippen molar-refractivity contribution in [1.29, 1.82) is 0 Å². The number of imidazole rings is 2. The number of carbonyl (C=O) groups excluding carboxylic acids is 2. The molecule has 0 spiro atoms. The van der Waals surface area contributed by atoms with Gasteiger partial charge in [-0.25, -0.2) is 19.6 Å². The predicted octanol–water partition coefficient (Wildman–Crippen LogP) is 6.52. The van der Waals surface area contributed by atoms with E-state index in [0.29, 0.717) is 12.4 Å². The van der Waals surface area contributed by atoms with Crippen LogP contribution in [0.1, 0.15) is 63.6 Å². The molecule has 52 heavy (non-hydrogen) atoms. The number of alkyl carbamates (subject to hydrolysis) is 1. The molecule has 4 aromatic rings. The number of rotatable bonds is 12. The average Bonchev–Trinajstić information content (AvgIpc) is 3.97. The minimum absolute atomic E-state index is 0.0195. The summed E-state index contributed by atoms with van der Waals surface area (Å²) in [5, 5.41) is 14.3. The fourth-order valence-corrected chi connectivity index (χ4v) is 8.13. The number of methoxy groups -OCH3 is 1. The van der Waals surface area contributed by atoms with Crippen molar-refractivity contribution in [2.24, 2.45) is 11.8 Å². The van der Waals surface area contributed by atoms with Gasteiger partial charge in [-0.1, -0.05) is 76.2 Å². The van der Waals surface area contributed by atoms with Crippen LogP contribution in [-0.4, -0.2) is 97.5 Å². The maximum absolute atomic E-state index is 13.3. The number of benzene rings is 2. The number of nitrogens with one attached hydrogen (secondary N) is 4. The topological polar surface area (TPSA) is 169 Å². The summed E-state index contributed by atoms with van der Waals surface area (Å²) in [4.78, 5) is 57.1. The maximum atomic E-state index is 13.3. The zero-order valence-electron chi connectivity index (χ0n) is 30.3. The fourth-order valence-electron chi connectivity index (χ4n) is 6.93. The number of aromatic nitrogens is 4. The number of hydrogen-bond donors (Lipinski definition) is 5. The van der Waals surface area contributed by atoms with E-state index in [-0.39, 0.29) is 35.2 Å². The van der Waals surface area contributed by atoms with Crippen molar-refractivity contribution in [2.45, 2.75) is 64.0 Å². The second-order valence-corrected chi connectivity index (χ2v) is 15.3. The molecule has 0 saturated carbocycles. The molecule has 2 aliphatic heterocycles. The van der Waals surface area contributed by atoms with Gasteiger partial charge in [-0.2, -0.15) is 0 Å². The SMILES string of the molecule is COC(=O)NC(CN1CCCC1c1ncc(-c2ccc(-c3ccc(-c4cnc(C5SCCN5C(=O)C(NC(=O)O)C(C)C)[nH]4)cc3)cc2)[nH]1)C(C)C. The van der Waals surface area contributed by atoms with Gasteiger partial charge in [0, 0.05) is 24.9 Å². The van der Waals surface area contributed by atoms with Crippen LogP contribution in [0.15, 0.2) is 60.9 Å². The van der Waals surface area contributed by atoms with Crippen LogP contribution in [0.5, 0.6) is 0 Å². The molecule has 2 aliphatic rings. The number of carboxylic acid groups (broad SMARTS) is 1. The third-order valence-electron chi connectivity index (χ3n) is 9.94. The van der Waals surface area contributed by atoms with E-state index in [2.05, 4.69) is 92.9 Å². The number of carbonyl (C=O) groups is 3. The van der Waals surface area contributed by atoms with Crippen LogP contribution in [0.4, 0.5) is 9.59 Å². The molecule has 0 bridgehead atoms. The number of thioether (sulfide) groups is 1. The smallest absolute Gasteiger partial charge is 0.407 e. The third-order valence-corrected chi connectivity index (χ3v) is 11.2. The van der Waals surface area contributed by atoms with Gasteiger partial charge in [0.15, 0.2) is 0 Å². The lowest BCUT2D eigenvalue weighted by Crippen LogP contribution is -2.50. The van der Waals surface area contributed by atoms with Gasteiger partial charge in [0.05, 0.1) is 36.9 Å². The zero-order chi connectivity index (χ0) is 36.9. The summed E-state index contributed by atoms with van der Waals surface area (Å²) in [6.45, 7) is 10.1. The summed E-state index contributed by atoms with van der Waals surface area (Å²) in [7, 11) is 1.39. The Labute approximate surface area is 308 Å². The van der Waals surface area contributed by atoms with Crippen molar-refractivity contribution in [3.63, 3.8) is 0 Å². The molecule has 2 aromatic heterocycles. The first-order valence-electron chi connectivity index (χ1n) is 17.8. The lowest BCUT2D eigenvalue weighted by atomic mass is 10.0. The zero-order valence-corrected chi connectivity index (χ0v) is 31.1. The van der Waals surface area contributed by atoms with Gasteiger partial charge in [-0.15, -0.1) is 11.8 Å². The Morgan fingerprint density at radius 3 is 2.00 bits per heavy atom. The standard InChI is InChI=1S/C38H48N8O5S/c1-22(2)30(43-38(50)51-5)21-45-16-6-7-31(45)33-39-19-28(41-33)26-12-8-24(9-13-26)25-10-14-27(15-11-25)29-20-40-34(42-29)36-46(17-18-52-36)35(47)32(23(3)4)44-37(48)49/h8-15,19-20,22-23,30-32,36,44H,6-7,16-18,21H2,1-5H3,(H,39,41)(H,40,42)(H,43,50)(H,48,49). The Hall–Kier alpha value is -4.82. The van der Waals surface area contributed by atoms with E-state index in [9.17, 15) is 19.5 Å². The van der Waals surface area contributed by atoms with E-state index >= 15 is 0 Å². The highest BCUT2D eigenvalue weighted by Crippen LogP contribution is 2.38. The Morgan fingerprint density at radius 1 is 0.865 bits per heavy atom. The highest BCUT2D eigenvalue weighted by atomic mass is 32.2. The number of H-pyrrole nitrogens is 2. The number of amides is 3. The van der Waals surface area contributed by atoms with Gasteiger partial charge in [0.1, 0.15) is 23.1 Å². The Kier molecular flexibility index (Phi) is 11.5. The van der Waals surface area contributed by atoms with E-state index in [1.54, 1.807) is 22.9 Å². The Morgan fingerprint density at radius 2 is 1.44 bits per heavy atom. The first-order valence-corrected chi connectivity index (χ1v) is 18.9. The van der Waals surface area contributed by atoms with Gasteiger partial charge < -0.3 is 35.3 Å². The van der Waals surface area contributed by atoms with Gasteiger partial charge in [-0.3, -0.25) is 9.69 Å². The summed E-state index contributed by atoms with van der Waals surface area (Å²) < 4.78 is 4.85. The number of likely N-dealkylation sites (tertiary alicyclic amines) is 1. The van der Waals surface area contributed by atoms with E-state index < -0.39 is 18.2 Å². The minimum atomic E-state index is -1.21. The predicted molar refractivity (Wildman–Crippen MR) is 201 cm³/mol. The van der Waals surface area contributed by atoms with Crippen LogP contribution in [0.3, 0.4) is 0 Å². The van der Waals surface area contributed by atoms with E-state index in [1.807, 2.05) is 20.0 Å². The second kappa shape index (κ2) is 16.2. The third kappa shape index (κ3) is 8.28. The molecule has 0 aliphatic carbocycles. The largest absolute Gasteiger partial charge is 0.465 e. The molecule has 4 unspecified atom stereocenters. The summed E-state index contributed by atoms with van der Waals surface area (Å²) >= 11 is 1.61. The van der Waals surface area contributed by atoms with Crippen molar-refractivity contribution in [2.75, 3.05) is 32.5 Å². The van der Waals surface area contributed by atoms with Gasteiger partial charge in [0.25, 0.3) is 0 Å². The van der Waals surface area contributed by atoms with Crippen LogP contribution in [0, 0.1) is 11.8 Å². The van der Waals surface area contributed by atoms with E-state index in [4.69, 9.17) is 9.72 Å². The second-order valence-electron chi connectivity index (χ2n) is 14.1. The summed E-state index contributed by atoms with van der Waals surface area (Å²) in [5.74, 6) is 2.19. The first-order chi connectivity index (χ1) is 25.0. The molecule has 2 fully saturated rings. The average molecular weight is 729 g/mol. The number of ether oxygens (including phenoxy) is 1. The first kappa shape index (κ1) is 37.0.